The number of hydrogen-bond acceptors (Lipinski definition) is 4. The van der Waals surface area contributed by atoms with Gasteiger partial charge in [0.2, 0.25) is 0 Å². The van der Waals surface area contributed by atoms with Gasteiger partial charge in [-0.1, -0.05) is 13.8 Å². The zero-order valence-electron chi connectivity index (χ0n) is 10.4. The van der Waals surface area contributed by atoms with E-state index in [4.69, 9.17) is 0 Å². The van der Waals surface area contributed by atoms with E-state index in [2.05, 4.69) is 30.7 Å². The van der Waals surface area contributed by atoms with Gasteiger partial charge in [0.1, 0.15) is 5.69 Å². The topological polar surface area (TPSA) is 37.6 Å². The van der Waals surface area contributed by atoms with E-state index >= 15 is 0 Å². The molecule has 0 aliphatic carbocycles. The molecule has 4 nitrogen and oxygen atoms in total. The normalized spacial score (nSPS) is 11.3. The lowest BCUT2D eigenvalue weighted by atomic mass is 10.2. The zero-order valence-corrected chi connectivity index (χ0v) is 11.2. The fourth-order valence-electron chi connectivity index (χ4n) is 1.94. The lowest BCUT2D eigenvalue weighted by molar-refractivity contribution is 0.111. The number of aldehydes is 1. The molecule has 0 amide bonds. The number of nitrogens with zero attached hydrogens (tertiary/aromatic N) is 3. The van der Waals surface area contributed by atoms with Gasteiger partial charge in [0.15, 0.2) is 17.1 Å². The third kappa shape index (κ3) is 2.20. The zero-order chi connectivity index (χ0) is 12.4. The minimum Gasteiger partial charge on any atom is -0.355 e. The maximum atomic E-state index is 11.2. The van der Waals surface area contributed by atoms with E-state index in [1.807, 2.05) is 16.0 Å². The SMILES string of the molecule is CCN(CC(C)C)c1nc2sccn2c1C=O. The molecule has 2 aromatic heterocycles. The average Bonchev–Trinajstić information content (AvgIpc) is 2.84. The number of thiazole rings is 1. The fourth-order valence-corrected chi connectivity index (χ4v) is 2.66. The highest BCUT2D eigenvalue weighted by Gasteiger charge is 2.18. The first-order chi connectivity index (χ1) is 8.17. The number of fused-ring (bicyclic) bond motifs is 1. The van der Waals surface area contributed by atoms with Gasteiger partial charge in [-0.15, -0.1) is 11.3 Å². The highest BCUT2D eigenvalue weighted by molar-refractivity contribution is 7.15. The maximum absolute atomic E-state index is 11.2. The van der Waals surface area contributed by atoms with Crippen molar-refractivity contribution in [1.82, 2.24) is 9.38 Å². The molecule has 2 heterocycles. The van der Waals surface area contributed by atoms with Gasteiger partial charge in [-0.2, -0.15) is 0 Å². The molecule has 0 aliphatic rings. The smallest absolute Gasteiger partial charge is 0.196 e. The average molecular weight is 251 g/mol. The lowest BCUT2D eigenvalue weighted by Gasteiger charge is -2.23. The van der Waals surface area contributed by atoms with Gasteiger partial charge >= 0.3 is 0 Å². The minimum atomic E-state index is 0.550. The monoisotopic (exact) mass is 251 g/mol. The third-order valence-corrected chi connectivity index (χ3v) is 3.41. The Labute approximate surface area is 105 Å². The van der Waals surface area contributed by atoms with Gasteiger partial charge in [0.25, 0.3) is 0 Å². The van der Waals surface area contributed by atoms with E-state index in [0.717, 1.165) is 30.2 Å². The molecular weight excluding hydrogens is 234 g/mol. The van der Waals surface area contributed by atoms with Crippen LogP contribution in [0.5, 0.6) is 0 Å². The fraction of sp³-hybridized carbons (Fsp3) is 0.500. The molecule has 0 atom stereocenters. The third-order valence-electron chi connectivity index (χ3n) is 2.66. The van der Waals surface area contributed by atoms with Crippen LogP contribution in [0.1, 0.15) is 31.3 Å². The minimum absolute atomic E-state index is 0.550. The molecule has 0 N–H and O–H groups in total. The summed E-state index contributed by atoms with van der Waals surface area (Å²) in [6, 6.07) is 0. The first-order valence-electron chi connectivity index (χ1n) is 5.83. The van der Waals surface area contributed by atoms with Crippen molar-refractivity contribution in [3.8, 4) is 0 Å². The number of carbonyl (C=O) groups is 1. The number of carbonyl (C=O) groups excluding carboxylic acids is 1. The van der Waals surface area contributed by atoms with Crippen LogP contribution in [-0.2, 0) is 0 Å². The summed E-state index contributed by atoms with van der Waals surface area (Å²) in [5.41, 5.74) is 0.656. The Balaban J connectivity index is 2.44. The van der Waals surface area contributed by atoms with Crippen molar-refractivity contribution in [3.05, 3.63) is 17.3 Å². The summed E-state index contributed by atoms with van der Waals surface area (Å²) in [5.74, 6) is 1.36. The van der Waals surface area contributed by atoms with E-state index in [1.165, 1.54) is 0 Å². The molecule has 0 aliphatic heterocycles. The standard InChI is InChI=1S/C12H17N3OS/c1-4-14(7-9(2)3)11-10(8-16)15-5-6-17-12(15)13-11/h5-6,8-9H,4,7H2,1-3H3. The molecule has 0 unspecified atom stereocenters. The van der Waals surface area contributed by atoms with E-state index < -0.39 is 0 Å². The predicted molar refractivity (Wildman–Crippen MR) is 71.2 cm³/mol. The molecule has 0 aromatic carbocycles. The maximum Gasteiger partial charge on any atom is 0.196 e. The van der Waals surface area contributed by atoms with Crippen LogP contribution in [0.3, 0.4) is 0 Å². The van der Waals surface area contributed by atoms with Crippen molar-refractivity contribution in [2.75, 3.05) is 18.0 Å². The summed E-state index contributed by atoms with van der Waals surface area (Å²) in [6.07, 6.45) is 2.79. The van der Waals surface area contributed by atoms with Crippen LogP contribution in [0.25, 0.3) is 4.96 Å². The Morgan fingerprint density at radius 1 is 1.59 bits per heavy atom. The van der Waals surface area contributed by atoms with Crippen LogP contribution in [0.15, 0.2) is 11.6 Å². The summed E-state index contributed by atoms with van der Waals surface area (Å²) < 4.78 is 1.86. The van der Waals surface area contributed by atoms with Crippen LogP contribution >= 0.6 is 11.3 Å². The number of aromatic nitrogens is 2. The predicted octanol–water partition coefficient (Wildman–Crippen LogP) is 2.69. The van der Waals surface area contributed by atoms with Crippen LogP contribution in [-0.4, -0.2) is 28.8 Å². The first kappa shape index (κ1) is 12.1. The van der Waals surface area contributed by atoms with Gasteiger partial charge < -0.3 is 4.90 Å². The summed E-state index contributed by atoms with van der Waals surface area (Å²) in [4.78, 5) is 18.8. The second-order valence-corrected chi connectivity index (χ2v) is 5.30. The van der Waals surface area contributed by atoms with E-state index in [0.29, 0.717) is 11.6 Å². The molecule has 0 saturated carbocycles. The van der Waals surface area contributed by atoms with Crippen LogP contribution < -0.4 is 4.90 Å². The van der Waals surface area contributed by atoms with Crippen LogP contribution in [0.4, 0.5) is 5.82 Å². The van der Waals surface area contributed by atoms with Crippen molar-refractivity contribution in [2.45, 2.75) is 20.8 Å². The molecule has 0 bridgehead atoms. The molecule has 0 radical (unpaired) electrons. The van der Waals surface area contributed by atoms with E-state index in [9.17, 15) is 4.79 Å². The first-order valence-corrected chi connectivity index (χ1v) is 6.71. The van der Waals surface area contributed by atoms with Crippen molar-refractivity contribution >= 4 is 28.4 Å². The summed E-state index contributed by atoms with van der Waals surface area (Å²) in [5, 5.41) is 1.94. The Kier molecular flexibility index (Phi) is 3.47. The molecule has 2 rings (SSSR count). The number of rotatable bonds is 5. The molecule has 0 spiro atoms. The summed E-state index contributed by atoms with van der Waals surface area (Å²) in [7, 11) is 0. The highest BCUT2D eigenvalue weighted by Crippen LogP contribution is 2.23. The van der Waals surface area contributed by atoms with Crippen molar-refractivity contribution in [3.63, 3.8) is 0 Å². The molecule has 0 fully saturated rings. The molecular formula is C12H17N3OS. The Morgan fingerprint density at radius 2 is 2.35 bits per heavy atom. The number of imidazole rings is 1. The van der Waals surface area contributed by atoms with E-state index in [1.54, 1.807) is 11.3 Å². The Morgan fingerprint density at radius 3 is 2.94 bits per heavy atom. The highest BCUT2D eigenvalue weighted by atomic mass is 32.1. The second-order valence-electron chi connectivity index (χ2n) is 4.43. The largest absolute Gasteiger partial charge is 0.355 e. The van der Waals surface area contributed by atoms with E-state index in [-0.39, 0.29) is 0 Å². The van der Waals surface area contributed by atoms with Gasteiger partial charge in [-0.25, -0.2) is 4.98 Å². The van der Waals surface area contributed by atoms with Crippen LogP contribution in [0, 0.1) is 5.92 Å². The second kappa shape index (κ2) is 4.87. The number of anilines is 1. The molecule has 17 heavy (non-hydrogen) atoms. The molecule has 5 heteroatoms. The molecule has 92 valence electrons. The Bertz CT molecular complexity index is 515. The van der Waals surface area contributed by atoms with Crippen molar-refractivity contribution in [1.29, 1.82) is 0 Å². The van der Waals surface area contributed by atoms with Crippen molar-refractivity contribution < 1.29 is 4.79 Å². The quantitative estimate of drug-likeness (QED) is 0.767. The van der Waals surface area contributed by atoms with Gasteiger partial charge in [-0.3, -0.25) is 9.20 Å². The Hall–Kier alpha value is -1.36. The molecule has 0 saturated heterocycles. The molecule has 2 aromatic rings. The lowest BCUT2D eigenvalue weighted by Crippen LogP contribution is -2.28. The van der Waals surface area contributed by atoms with Gasteiger partial charge in [0, 0.05) is 24.7 Å². The van der Waals surface area contributed by atoms with Gasteiger partial charge in [0.05, 0.1) is 0 Å². The summed E-state index contributed by atoms with van der Waals surface area (Å²) in [6.45, 7) is 8.21. The van der Waals surface area contributed by atoms with Crippen LogP contribution in [0.2, 0.25) is 0 Å². The summed E-state index contributed by atoms with van der Waals surface area (Å²) >= 11 is 1.55. The van der Waals surface area contributed by atoms with Crippen molar-refractivity contribution in [2.24, 2.45) is 5.92 Å². The number of hydrogen-bond donors (Lipinski definition) is 0. The van der Waals surface area contributed by atoms with Gasteiger partial charge in [-0.05, 0) is 12.8 Å².